The molecule has 1 atom stereocenters. The zero-order valence-electron chi connectivity index (χ0n) is 8.55. The van der Waals surface area contributed by atoms with Crippen molar-refractivity contribution in [2.45, 2.75) is 33.1 Å². The lowest BCUT2D eigenvalue weighted by Crippen LogP contribution is -2.25. The first-order valence-electron chi connectivity index (χ1n) is 4.82. The van der Waals surface area contributed by atoms with Gasteiger partial charge in [0.2, 0.25) is 0 Å². The number of hydrogen-bond acceptors (Lipinski definition) is 2. The average molecular weight is 171 g/mol. The Morgan fingerprint density at radius 1 is 1.50 bits per heavy atom. The molecule has 0 aliphatic carbocycles. The molecule has 0 N–H and O–H groups in total. The highest BCUT2D eigenvalue weighted by atomic mass is 16.1. The Morgan fingerprint density at radius 2 is 2.17 bits per heavy atom. The summed E-state index contributed by atoms with van der Waals surface area (Å²) in [6.07, 6.45) is 3.95. The molecule has 0 saturated heterocycles. The van der Waals surface area contributed by atoms with E-state index in [0.717, 1.165) is 25.8 Å². The van der Waals surface area contributed by atoms with Crippen LogP contribution in [0.15, 0.2) is 0 Å². The highest BCUT2D eigenvalue weighted by Gasteiger charge is 2.04. The summed E-state index contributed by atoms with van der Waals surface area (Å²) in [5, 5.41) is 0. The van der Waals surface area contributed by atoms with Crippen LogP contribution in [0.1, 0.15) is 33.1 Å². The van der Waals surface area contributed by atoms with Crippen molar-refractivity contribution >= 4 is 6.29 Å². The zero-order valence-corrected chi connectivity index (χ0v) is 8.55. The fraction of sp³-hybridized carbons (Fsp3) is 0.900. The van der Waals surface area contributed by atoms with Crippen molar-refractivity contribution in [1.82, 2.24) is 4.90 Å². The predicted molar refractivity (Wildman–Crippen MR) is 52.3 cm³/mol. The predicted octanol–water partition coefficient (Wildman–Crippen LogP) is 1.94. The minimum Gasteiger partial charge on any atom is -0.306 e. The Hall–Kier alpha value is -0.370. The summed E-state index contributed by atoms with van der Waals surface area (Å²) >= 11 is 0. The number of rotatable bonds is 7. The average Bonchev–Trinajstić information content (AvgIpc) is 2.01. The van der Waals surface area contributed by atoms with Gasteiger partial charge in [-0.3, -0.25) is 0 Å². The molecule has 0 heterocycles. The second kappa shape index (κ2) is 7.29. The van der Waals surface area contributed by atoms with Crippen molar-refractivity contribution in [3.63, 3.8) is 0 Å². The molecule has 0 saturated carbocycles. The van der Waals surface area contributed by atoms with E-state index in [2.05, 4.69) is 25.8 Å². The molecular weight excluding hydrogens is 150 g/mol. The Labute approximate surface area is 75.9 Å². The monoisotopic (exact) mass is 171 g/mol. The molecule has 0 radical (unpaired) electrons. The molecule has 0 aromatic carbocycles. The summed E-state index contributed by atoms with van der Waals surface area (Å²) < 4.78 is 0. The topological polar surface area (TPSA) is 20.3 Å². The van der Waals surface area contributed by atoms with Gasteiger partial charge in [-0.15, -0.1) is 0 Å². The van der Waals surface area contributed by atoms with Gasteiger partial charge in [0.1, 0.15) is 6.29 Å². The lowest BCUT2D eigenvalue weighted by atomic mass is 10.1. The van der Waals surface area contributed by atoms with Gasteiger partial charge in [0.15, 0.2) is 0 Å². The molecule has 2 nitrogen and oxygen atoms in total. The zero-order chi connectivity index (χ0) is 9.40. The van der Waals surface area contributed by atoms with E-state index in [-0.39, 0.29) is 0 Å². The van der Waals surface area contributed by atoms with E-state index in [1.54, 1.807) is 0 Å². The highest BCUT2D eigenvalue weighted by Crippen LogP contribution is 2.05. The summed E-state index contributed by atoms with van der Waals surface area (Å²) in [4.78, 5) is 12.4. The van der Waals surface area contributed by atoms with Gasteiger partial charge in [-0.1, -0.05) is 13.8 Å². The van der Waals surface area contributed by atoms with Crippen LogP contribution >= 0.6 is 0 Å². The van der Waals surface area contributed by atoms with Crippen LogP contribution in [-0.2, 0) is 4.79 Å². The second-order valence-corrected chi connectivity index (χ2v) is 3.61. The molecule has 0 aliphatic rings. The van der Waals surface area contributed by atoms with E-state index in [1.165, 1.54) is 6.42 Å². The summed E-state index contributed by atoms with van der Waals surface area (Å²) in [6, 6.07) is 0. The summed E-state index contributed by atoms with van der Waals surface area (Å²) in [5.74, 6) is 0.645. The molecule has 12 heavy (non-hydrogen) atoms. The van der Waals surface area contributed by atoms with Gasteiger partial charge in [-0.25, -0.2) is 0 Å². The van der Waals surface area contributed by atoms with E-state index in [9.17, 15) is 4.79 Å². The van der Waals surface area contributed by atoms with Crippen LogP contribution in [0.25, 0.3) is 0 Å². The lowest BCUT2D eigenvalue weighted by Gasteiger charge is -2.19. The maximum atomic E-state index is 10.1. The highest BCUT2D eigenvalue weighted by molar-refractivity contribution is 5.49. The van der Waals surface area contributed by atoms with Gasteiger partial charge in [0.25, 0.3) is 0 Å². The van der Waals surface area contributed by atoms with Gasteiger partial charge < -0.3 is 9.69 Å². The third-order valence-electron chi connectivity index (χ3n) is 2.01. The molecule has 0 bridgehead atoms. The molecular formula is C10H21NO. The van der Waals surface area contributed by atoms with E-state index in [1.807, 2.05) is 0 Å². The van der Waals surface area contributed by atoms with Crippen LogP contribution in [0.4, 0.5) is 0 Å². The molecule has 1 unspecified atom stereocenters. The lowest BCUT2D eigenvalue weighted by molar-refractivity contribution is -0.108. The van der Waals surface area contributed by atoms with E-state index < -0.39 is 0 Å². The quantitative estimate of drug-likeness (QED) is 0.546. The van der Waals surface area contributed by atoms with E-state index >= 15 is 0 Å². The molecule has 0 rings (SSSR count). The molecule has 0 aromatic heterocycles. The number of carbonyl (C=O) groups excluding carboxylic acids is 1. The maximum absolute atomic E-state index is 10.1. The summed E-state index contributed by atoms with van der Waals surface area (Å²) in [5.41, 5.74) is 0. The minimum atomic E-state index is 0.645. The number of nitrogens with zero attached hydrogens (tertiary/aromatic N) is 1. The maximum Gasteiger partial charge on any atom is 0.120 e. The fourth-order valence-corrected chi connectivity index (χ4v) is 1.45. The van der Waals surface area contributed by atoms with Crippen LogP contribution in [-0.4, -0.2) is 31.3 Å². The van der Waals surface area contributed by atoms with Crippen molar-refractivity contribution in [2.24, 2.45) is 5.92 Å². The minimum absolute atomic E-state index is 0.645. The van der Waals surface area contributed by atoms with Crippen LogP contribution in [0.5, 0.6) is 0 Å². The van der Waals surface area contributed by atoms with Crippen molar-refractivity contribution < 1.29 is 4.79 Å². The van der Waals surface area contributed by atoms with E-state index in [4.69, 9.17) is 0 Å². The first-order chi connectivity index (χ1) is 5.70. The smallest absolute Gasteiger partial charge is 0.120 e. The Morgan fingerprint density at radius 3 is 2.67 bits per heavy atom. The molecule has 0 spiro atoms. The molecule has 2 heteroatoms. The standard InChI is InChI=1S/C10H21NO/c1-4-7-11(3)9-10(2)6-5-8-12/h8,10H,4-7,9H2,1-3H3. The van der Waals surface area contributed by atoms with Crippen molar-refractivity contribution in [1.29, 1.82) is 0 Å². The van der Waals surface area contributed by atoms with Gasteiger partial charge in [0.05, 0.1) is 0 Å². The second-order valence-electron chi connectivity index (χ2n) is 3.61. The number of carbonyl (C=O) groups is 1. The first-order valence-corrected chi connectivity index (χ1v) is 4.82. The van der Waals surface area contributed by atoms with E-state index in [0.29, 0.717) is 12.3 Å². The van der Waals surface area contributed by atoms with Gasteiger partial charge in [-0.05, 0) is 32.4 Å². The number of aldehydes is 1. The molecule has 0 fully saturated rings. The van der Waals surface area contributed by atoms with Crippen molar-refractivity contribution in [2.75, 3.05) is 20.1 Å². The summed E-state index contributed by atoms with van der Waals surface area (Å²) in [7, 11) is 2.14. The first kappa shape index (κ1) is 11.6. The van der Waals surface area contributed by atoms with Gasteiger partial charge in [-0.2, -0.15) is 0 Å². The Kier molecular flexibility index (Phi) is 7.06. The molecule has 0 aliphatic heterocycles. The largest absolute Gasteiger partial charge is 0.306 e. The van der Waals surface area contributed by atoms with Crippen LogP contribution < -0.4 is 0 Å². The van der Waals surface area contributed by atoms with Crippen molar-refractivity contribution in [3.8, 4) is 0 Å². The Bertz CT molecular complexity index is 114. The van der Waals surface area contributed by atoms with Gasteiger partial charge >= 0.3 is 0 Å². The summed E-state index contributed by atoms with van der Waals surface area (Å²) in [6.45, 7) is 6.66. The Balaban J connectivity index is 3.39. The SMILES string of the molecule is CCCN(C)CC(C)CCC=O. The normalized spacial score (nSPS) is 13.3. The third kappa shape index (κ3) is 6.35. The molecule has 0 aromatic rings. The van der Waals surface area contributed by atoms with Crippen molar-refractivity contribution in [3.05, 3.63) is 0 Å². The number of hydrogen-bond donors (Lipinski definition) is 0. The van der Waals surface area contributed by atoms with Crippen LogP contribution in [0.3, 0.4) is 0 Å². The van der Waals surface area contributed by atoms with Crippen LogP contribution in [0.2, 0.25) is 0 Å². The van der Waals surface area contributed by atoms with Crippen LogP contribution in [0, 0.1) is 5.92 Å². The third-order valence-corrected chi connectivity index (χ3v) is 2.01. The van der Waals surface area contributed by atoms with Gasteiger partial charge in [0, 0.05) is 13.0 Å². The molecule has 72 valence electrons. The fourth-order valence-electron chi connectivity index (χ4n) is 1.45. The molecule has 0 amide bonds.